The molecule has 0 unspecified atom stereocenters. The third-order valence-corrected chi connectivity index (χ3v) is 5.16. The molecule has 2 heterocycles. The quantitative estimate of drug-likeness (QED) is 0.595. The van der Waals surface area contributed by atoms with Crippen LogP contribution in [0.25, 0.3) is 5.69 Å². The van der Waals surface area contributed by atoms with Gasteiger partial charge in [-0.05, 0) is 55.7 Å². The highest BCUT2D eigenvalue weighted by Crippen LogP contribution is 2.27. The molecule has 6 nitrogen and oxygen atoms in total. The highest BCUT2D eigenvalue weighted by molar-refractivity contribution is 5.64. The van der Waals surface area contributed by atoms with Gasteiger partial charge in [0.25, 0.3) is 0 Å². The molecule has 0 amide bonds. The van der Waals surface area contributed by atoms with Crippen molar-refractivity contribution in [2.45, 2.75) is 25.9 Å². The van der Waals surface area contributed by atoms with Gasteiger partial charge in [-0.3, -0.25) is 0 Å². The second-order valence-electron chi connectivity index (χ2n) is 7.57. The van der Waals surface area contributed by atoms with Crippen LogP contribution in [-0.2, 0) is 4.74 Å². The molecule has 3 aromatic rings. The SMILES string of the molecule is Cc1cc(Nc2ncn(-c3cc(F)cc(F)c3)n2)cc(N2CCC(OCCF)CC2)c1. The summed E-state index contributed by atoms with van der Waals surface area (Å²) in [6.07, 6.45) is 3.21. The van der Waals surface area contributed by atoms with Gasteiger partial charge in [-0.2, -0.15) is 4.98 Å². The molecule has 0 saturated carbocycles. The van der Waals surface area contributed by atoms with E-state index >= 15 is 0 Å². The fraction of sp³-hybridized carbons (Fsp3) is 0.364. The number of aromatic nitrogens is 3. The molecule has 1 fully saturated rings. The number of ether oxygens (including phenoxy) is 1. The van der Waals surface area contributed by atoms with Gasteiger partial charge in [0.15, 0.2) is 0 Å². The Morgan fingerprint density at radius 1 is 1.03 bits per heavy atom. The maximum absolute atomic E-state index is 13.5. The van der Waals surface area contributed by atoms with Gasteiger partial charge < -0.3 is 15.0 Å². The summed E-state index contributed by atoms with van der Waals surface area (Å²) in [7, 11) is 0. The van der Waals surface area contributed by atoms with Crippen LogP contribution >= 0.6 is 0 Å². The number of benzene rings is 2. The zero-order valence-corrected chi connectivity index (χ0v) is 17.2. The summed E-state index contributed by atoms with van der Waals surface area (Å²) in [6.45, 7) is 3.37. The van der Waals surface area contributed by atoms with Crippen molar-refractivity contribution in [3.8, 4) is 5.69 Å². The fourth-order valence-corrected chi connectivity index (χ4v) is 3.75. The zero-order chi connectivity index (χ0) is 21.8. The monoisotopic (exact) mass is 431 g/mol. The molecule has 2 aromatic carbocycles. The molecule has 1 saturated heterocycles. The fourth-order valence-electron chi connectivity index (χ4n) is 3.75. The van der Waals surface area contributed by atoms with Crippen molar-refractivity contribution in [2.75, 3.05) is 36.6 Å². The van der Waals surface area contributed by atoms with E-state index in [9.17, 15) is 13.2 Å². The standard InChI is InChI=1S/C22H24F3N5O/c1-15-8-18(13-19(9-15)29-5-2-21(3-6-29)31-7-4-23)27-22-26-14-30(28-22)20-11-16(24)10-17(25)12-20/h8-14,21H,2-7H2,1H3,(H,27,28). The van der Waals surface area contributed by atoms with E-state index < -0.39 is 18.3 Å². The Morgan fingerprint density at radius 2 is 1.77 bits per heavy atom. The van der Waals surface area contributed by atoms with E-state index in [0.29, 0.717) is 5.95 Å². The Bertz CT molecular complexity index is 1010. The first-order valence-corrected chi connectivity index (χ1v) is 10.2. The molecule has 164 valence electrons. The minimum atomic E-state index is -0.679. The van der Waals surface area contributed by atoms with E-state index in [2.05, 4.69) is 26.4 Å². The highest BCUT2D eigenvalue weighted by atomic mass is 19.1. The summed E-state index contributed by atoms with van der Waals surface area (Å²) in [6, 6.07) is 9.28. The minimum Gasteiger partial charge on any atom is -0.375 e. The summed E-state index contributed by atoms with van der Waals surface area (Å²) in [5.74, 6) is -1.04. The average molecular weight is 431 g/mol. The van der Waals surface area contributed by atoms with E-state index in [-0.39, 0.29) is 18.4 Å². The molecular weight excluding hydrogens is 407 g/mol. The molecule has 1 N–H and O–H groups in total. The predicted octanol–water partition coefficient (Wildman–Crippen LogP) is 4.55. The molecule has 1 aliphatic rings. The molecule has 9 heteroatoms. The molecule has 0 atom stereocenters. The van der Waals surface area contributed by atoms with Gasteiger partial charge in [-0.1, -0.05) is 0 Å². The van der Waals surface area contributed by atoms with Crippen LogP contribution in [0.3, 0.4) is 0 Å². The van der Waals surface area contributed by atoms with Gasteiger partial charge in [0.2, 0.25) is 5.95 Å². The number of alkyl halides is 1. The number of rotatable bonds is 7. The third-order valence-electron chi connectivity index (χ3n) is 5.16. The van der Waals surface area contributed by atoms with Crippen molar-refractivity contribution in [3.05, 3.63) is 59.9 Å². The molecule has 1 aromatic heterocycles. The Labute approximate surface area is 178 Å². The van der Waals surface area contributed by atoms with Gasteiger partial charge in [0.1, 0.15) is 24.6 Å². The second-order valence-corrected chi connectivity index (χ2v) is 7.57. The summed E-state index contributed by atoms with van der Waals surface area (Å²) >= 11 is 0. The van der Waals surface area contributed by atoms with Crippen molar-refractivity contribution >= 4 is 17.3 Å². The number of anilines is 3. The number of hydrogen-bond donors (Lipinski definition) is 1. The van der Waals surface area contributed by atoms with E-state index in [4.69, 9.17) is 4.74 Å². The maximum Gasteiger partial charge on any atom is 0.246 e. The molecule has 0 spiro atoms. The van der Waals surface area contributed by atoms with Crippen molar-refractivity contribution in [2.24, 2.45) is 0 Å². The highest BCUT2D eigenvalue weighted by Gasteiger charge is 2.20. The normalized spacial score (nSPS) is 14.8. The molecule has 4 rings (SSSR count). The van der Waals surface area contributed by atoms with Crippen molar-refractivity contribution in [3.63, 3.8) is 0 Å². The van der Waals surface area contributed by atoms with Crippen LogP contribution in [0.2, 0.25) is 0 Å². The smallest absolute Gasteiger partial charge is 0.246 e. The zero-order valence-electron chi connectivity index (χ0n) is 17.2. The van der Waals surface area contributed by atoms with Crippen molar-refractivity contribution in [1.82, 2.24) is 14.8 Å². The lowest BCUT2D eigenvalue weighted by Crippen LogP contribution is -2.37. The van der Waals surface area contributed by atoms with Gasteiger partial charge in [0.05, 0.1) is 18.4 Å². The maximum atomic E-state index is 13.5. The van der Waals surface area contributed by atoms with Gasteiger partial charge in [-0.25, -0.2) is 17.9 Å². The number of nitrogens with zero attached hydrogens (tertiary/aromatic N) is 4. The van der Waals surface area contributed by atoms with Crippen LogP contribution in [0, 0.1) is 18.6 Å². The van der Waals surface area contributed by atoms with Gasteiger partial charge >= 0.3 is 0 Å². The summed E-state index contributed by atoms with van der Waals surface area (Å²) in [5, 5.41) is 7.43. The van der Waals surface area contributed by atoms with E-state index in [1.165, 1.54) is 23.1 Å². The predicted molar refractivity (Wildman–Crippen MR) is 113 cm³/mol. The van der Waals surface area contributed by atoms with Gasteiger partial charge in [-0.15, -0.1) is 5.10 Å². The molecule has 31 heavy (non-hydrogen) atoms. The Morgan fingerprint density at radius 3 is 2.48 bits per heavy atom. The first-order valence-electron chi connectivity index (χ1n) is 10.2. The van der Waals surface area contributed by atoms with E-state index in [1.54, 1.807) is 0 Å². The lowest BCUT2D eigenvalue weighted by atomic mass is 10.1. The minimum absolute atomic E-state index is 0.107. The largest absolute Gasteiger partial charge is 0.375 e. The second kappa shape index (κ2) is 9.38. The molecule has 0 aliphatic carbocycles. The first-order chi connectivity index (χ1) is 15.0. The van der Waals surface area contributed by atoms with Crippen LogP contribution in [0.1, 0.15) is 18.4 Å². The number of nitrogens with one attached hydrogen (secondary N) is 1. The van der Waals surface area contributed by atoms with Gasteiger partial charge in [0, 0.05) is 30.5 Å². The lowest BCUT2D eigenvalue weighted by Gasteiger charge is -2.33. The third kappa shape index (κ3) is 5.35. The summed E-state index contributed by atoms with van der Waals surface area (Å²) < 4.78 is 46.1. The summed E-state index contributed by atoms with van der Waals surface area (Å²) in [4.78, 5) is 6.47. The van der Waals surface area contributed by atoms with Crippen LogP contribution in [0.15, 0.2) is 42.7 Å². The Hall–Kier alpha value is -3.07. The summed E-state index contributed by atoms with van der Waals surface area (Å²) in [5.41, 5.74) is 3.20. The van der Waals surface area contributed by atoms with E-state index in [1.807, 2.05) is 19.1 Å². The van der Waals surface area contributed by atoms with Crippen LogP contribution < -0.4 is 10.2 Å². The van der Waals surface area contributed by atoms with Crippen LogP contribution in [0.5, 0.6) is 0 Å². The van der Waals surface area contributed by atoms with Crippen molar-refractivity contribution < 1.29 is 17.9 Å². The molecular formula is C22H24F3N5O. The van der Waals surface area contributed by atoms with Crippen LogP contribution in [-0.4, -0.2) is 47.2 Å². The number of hydrogen-bond acceptors (Lipinski definition) is 5. The number of halogens is 3. The molecule has 1 aliphatic heterocycles. The molecule has 0 bridgehead atoms. The Kier molecular flexibility index (Phi) is 6.41. The molecule has 0 radical (unpaired) electrons. The lowest BCUT2D eigenvalue weighted by molar-refractivity contribution is 0.0294. The van der Waals surface area contributed by atoms with E-state index in [0.717, 1.165) is 48.9 Å². The number of aryl methyl sites for hydroxylation is 1. The topological polar surface area (TPSA) is 55.2 Å². The first kappa shape index (κ1) is 21.2. The van der Waals surface area contributed by atoms with Crippen molar-refractivity contribution in [1.29, 1.82) is 0 Å². The average Bonchev–Trinajstić information content (AvgIpc) is 3.20. The van der Waals surface area contributed by atoms with Crippen LogP contribution in [0.4, 0.5) is 30.5 Å². The number of piperidine rings is 1. The Balaban J connectivity index is 1.45.